The molecule has 0 aliphatic rings. The summed E-state index contributed by atoms with van der Waals surface area (Å²) < 4.78 is 1.49. The van der Waals surface area contributed by atoms with Crippen LogP contribution >= 0.6 is 11.6 Å². The lowest BCUT2D eigenvalue weighted by atomic mass is 10.1. The van der Waals surface area contributed by atoms with Crippen molar-refractivity contribution in [3.63, 3.8) is 0 Å². The smallest absolute Gasteiger partial charge is 0.255 e. The van der Waals surface area contributed by atoms with Gasteiger partial charge in [-0.05, 0) is 38.1 Å². The van der Waals surface area contributed by atoms with Crippen LogP contribution in [0.4, 0.5) is 11.4 Å². The fourth-order valence-electron chi connectivity index (χ4n) is 2.26. The van der Waals surface area contributed by atoms with E-state index in [9.17, 15) is 9.59 Å². The number of benzene rings is 1. The summed E-state index contributed by atoms with van der Waals surface area (Å²) in [7, 11) is 0. The van der Waals surface area contributed by atoms with Crippen LogP contribution < -0.4 is 16.2 Å². The average molecular weight is 302 g/mol. The first-order chi connectivity index (χ1) is 9.97. The first-order valence-electron chi connectivity index (χ1n) is 6.37. The molecule has 6 heteroatoms. The first kappa shape index (κ1) is 13.6. The zero-order valence-corrected chi connectivity index (χ0v) is 12.2. The molecule has 0 fully saturated rings. The van der Waals surface area contributed by atoms with Crippen molar-refractivity contribution in [1.29, 1.82) is 0 Å². The monoisotopic (exact) mass is 301 g/mol. The maximum atomic E-state index is 11.9. The SMILES string of the molecule is Cc1cc(C)n(-c2c(Nc3cccc(Cl)c3)c(=O)c2=O)n1. The molecular formula is C15H12ClN3O2. The van der Waals surface area contributed by atoms with Crippen molar-refractivity contribution in [2.45, 2.75) is 13.8 Å². The van der Waals surface area contributed by atoms with Crippen molar-refractivity contribution < 1.29 is 0 Å². The van der Waals surface area contributed by atoms with Crippen molar-refractivity contribution in [1.82, 2.24) is 9.78 Å². The van der Waals surface area contributed by atoms with Gasteiger partial charge < -0.3 is 5.32 Å². The van der Waals surface area contributed by atoms with Gasteiger partial charge in [0.05, 0.1) is 5.69 Å². The van der Waals surface area contributed by atoms with Crippen LogP contribution in [0, 0.1) is 13.8 Å². The van der Waals surface area contributed by atoms with E-state index < -0.39 is 10.9 Å². The Hall–Kier alpha value is -2.40. The molecule has 1 aromatic heterocycles. The maximum Gasteiger partial charge on any atom is 0.255 e. The van der Waals surface area contributed by atoms with E-state index in [4.69, 9.17) is 11.6 Å². The molecule has 0 radical (unpaired) electrons. The van der Waals surface area contributed by atoms with Crippen molar-refractivity contribution in [3.8, 4) is 5.69 Å². The van der Waals surface area contributed by atoms with Gasteiger partial charge in [-0.3, -0.25) is 9.59 Å². The van der Waals surface area contributed by atoms with Gasteiger partial charge in [0.25, 0.3) is 10.9 Å². The maximum absolute atomic E-state index is 11.9. The Morgan fingerprint density at radius 2 is 1.90 bits per heavy atom. The van der Waals surface area contributed by atoms with E-state index in [1.54, 1.807) is 24.3 Å². The van der Waals surface area contributed by atoms with E-state index in [0.29, 0.717) is 10.7 Å². The Kier molecular flexibility index (Phi) is 3.14. The van der Waals surface area contributed by atoms with Crippen LogP contribution in [0.3, 0.4) is 0 Å². The molecule has 0 atom stereocenters. The van der Waals surface area contributed by atoms with Crippen LogP contribution in [-0.4, -0.2) is 9.78 Å². The molecule has 2 aromatic carbocycles. The van der Waals surface area contributed by atoms with Gasteiger partial charge in [-0.1, -0.05) is 17.7 Å². The van der Waals surface area contributed by atoms with E-state index in [1.807, 2.05) is 19.9 Å². The standard InChI is InChI=1S/C15H12ClN3O2/c1-8-6-9(2)19(18-8)13-12(14(20)15(13)21)17-11-5-3-4-10(16)7-11/h3-7,17H,1-2H3. The normalized spacial score (nSPS) is 11.0. The number of aromatic nitrogens is 2. The molecule has 0 amide bonds. The van der Waals surface area contributed by atoms with Crippen molar-refractivity contribution in [2.75, 3.05) is 5.32 Å². The molecule has 0 unspecified atom stereocenters. The molecule has 0 saturated carbocycles. The predicted molar refractivity (Wildman–Crippen MR) is 82.7 cm³/mol. The highest BCUT2D eigenvalue weighted by atomic mass is 35.5. The van der Waals surface area contributed by atoms with Crippen LogP contribution in [-0.2, 0) is 0 Å². The zero-order chi connectivity index (χ0) is 15.1. The number of nitrogens with one attached hydrogen (secondary N) is 1. The lowest BCUT2D eigenvalue weighted by Crippen LogP contribution is -2.38. The summed E-state index contributed by atoms with van der Waals surface area (Å²) in [5.41, 5.74) is 1.67. The van der Waals surface area contributed by atoms with Gasteiger partial charge in [-0.15, -0.1) is 0 Å². The molecule has 0 aliphatic carbocycles. The Morgan fingerprint density at radius 3 is 2.52 bits per heavy atom. The Bertz CT molecular complexity index is 904. The molecule has 1 heterocycles. The molecule has 106 valence electrons. The van der Waals surface area contributed by atoms with E-state index in [1.165, 1.54) is 4.68 Å². The highest BCUT2D eigenvalue weighted by molar-refractivity contribution is 6.30. The minimum absolute atomic E-state index is 0.244. The van der Waals surface area contributed by atoms with E-state index in [0.717, 1.165) is 11.4 Å². The lowest BCUT2D eigenvalue weighted by Gasteiger charge is -2.14. The van der Waals surface area contributed by atoms with Crippen molar-refractivity contribution in [2.24, 2.45) is 0 Å². The van der Waals surface area contributed by atoms with Gasteiger partial charge in [-0.25, -0.2) is 4.68 Å². The Labute approximate surface area is 125 Å². The molecular weight excluding hydrogens is 290 g/mol. The number of anilines is 2. The molecule has 3 aromatic rings. The molecule has 5 nitrogen and oxygen atoms in total. The summed E-state index contributed by atoms with van der Waals surface area (Å²) in [6, 6.07) is 8.80. The van der Waals surface area contributed by atoms with Gasteiger partial charge in [-0.2, -0.15) is 5.10 Å². The second-order valence-corrected chi connectivity index (χ2v) is 5.29. The number of rotatable bonds is 3. The van der Waals surface area contributed by atoms with Crippen LogP contribution in [0.15, 0.2) is 39.9 Å². The summed E-state index contributed by atoms with van der Waals surface area (Å²) in [5.74, 6) is 0. The number of hydrogen-bond acceptors (Lipinski definition) is 4. The molecule has 21 heavy (non-hydrogen) atoms. The summed E-state index contributed by atoms with van der Waals surface area (Å²) in [4.78, 5) is 23.7. The van der Waals surface area contributed by atoms with Gasteiger partial charge in [0.1, 0.15) is 11.4 Å². The second-order valence-electron chi connectivity index (χ2n) is 4.86. The molecule has 0 saturated heterocycles. The number of halogens is 1. The van der Waals surface area contributed by atoms with Gasteiger partial charge in [0, 0.05) is 16.4 Å². The molecule has 3 rings (SSSR count). The van der Waals surface area contributed by atoms with Crippen LogP contribution in [0.2, 0.25) is 5.02 Å². The zero-order valence-electron chi connectivity index (χ0n) is 11.5. The fraction of sp³-hybridized carbons (Fsp3) is 0.133. The molecule has 0 bridgehead atoms. The third-order valence-electron chi connectivity index (χ3n) is 3.20. The van der Waals surface area contributed by atoms with Crippen LogP contribution in [0.5, 0.6) is 0 Å². The largest absolute Gasteiger partial charge is 0.350 e. The number of nitrogens with zero attached hydrogens (tertiary/aromatic N) is 2. The third kappa shape index (κ3) is 2.25. The fourth-order valence-corrected chi connectivity index (χ4v) is 2.45. The van der Waals surface area contributed by atoms with E-state index in [-0.39, 0.29) is 11.4 Å². The molecule has 0 spiro atoms. The third-order valence-corrected chi connectivity index (χ3v) is 3.44. The minimum Gasteiger partial charge on any atom is -0.350 e. The number of aryl methyl sites for hydroxylation is 2. The Morgan fingerprint density at radius 1 is 1.14 bits per heavy atom. The Balaban J connectivity index is 2.06. The lowest BCUT2D eigenvalue weighted by molar-refractivity contribution is 0.820. The van der Waals surface area contributed by atoms with Crippen molar-refractivity contribution in [3.05, 3.63) is 67.2 Å². The summed E-state index contributed by atoms with van der Waals surface area (Å²) in [5, 5.41) is 7.74. The summed E-state index contributed by atoms with van der Waals surface area (Å²) >= 11 is 5.91. The highest BCUT2D eigenvalue weighted by Gasteiger charge is 2.24. The van der Waals surface area contributed by atoms with Crippen molar-refractivity contribution >= 4 is 23.0 Å². The molecule has 0 aliphatic heterocycles. The average Bonchev–Trinajstić information content (AvgIpc) is 2.76. The summed E-state index contributed by atoms with van der Waals surface area (Å²) in [6.07, 6.45) is 0. The predicted octanol–water partition coefficient (Wildman–Crippen LogP) is 2.48. The topological polar surface area (TPSA) is 64.0 Å². The second kappa shape index (κ2) is 4.86. The van der Waals surface area contributed by atoms with Gasteiger partial charge >= 0.3 is 0 Å². The van der Waals surface area contributed by atoms with Gasteiger partial charge in [0.15, 0.2) is 0 Å². The minimum atomic E-state index is -0.544. The van der Waals surface area contributed by atoms with Crippen LogP contribution in [0.1, 0.15) is 11.4 Å². The van der Waals surface area contributed by atoms with Gasteiger partial charge in [0.2, 0.25) is 0 Å². The first-order valence-corrected chi connectivity index (χ1v) is 6.74. The highest BCUT2D eigenvalue weighted by Crippen LogP contribution is 2.23. The van der Waals surface area contributed by atoms with E-state index >= 15 is 0 Å². The summed E-state index contributed by atoms with van der Waals surface area (Å²) in [6.45, 7) is 3.67. The molecule has 1 N–H and O–H groups in total. The van der Waals surface area contributed by atoms with E-state index in [2.05, 4.69) is 10.4 Å². The number of hydrogen-bond donors (Lipinski definition) is 1. The van der Waals surface area contributed by atoms with Crippen LogP contribution in [0.25, 0.3) is 5.69 Å². The quantitative estimate of drug-likeness (QED) is 0.755.